The Bertz CT molecular complexity index is 344. The second-order valence-corrected chi connectivity index (χ2v) is 5.91. The quantitative estimate of drug-likeness (QED) is 0.486. The molecule has 0 bridgehead atoms. The van der Waals surface area contributed by atoms with Gasteiger partial charge in [0.15, 0.2) is 0 Å². The Hall–Kier alpha value is -0.770. The van der Waals surface area contributed by atoms with Gasteiger partial charge in [-0.1, -0.05) is 0 Å². The summed E-state index contributed by atoms with van der Waals surface area (Å²) in [7, 11) is 0. The van der Waals surface area contributed by atoms with Crippen molar-refractivity contribution in [3.05, 3.63) is 0 Å². The fourth-order valence-corrected chi connectivity index (χ4v) is 2.62. The molecule has 1 aliphatic heterocycles. The number of imide groups is 1. The van der Waals surface area contributed by atoms with Gasteiger partial charge in [-0.25, -0.2) is 9.69 Å². The lowest BCUT2D eigenvalue weighted by atomic mass is 9.67. The van der Waals surface area contributed by atoms with Gasteiger partial charge in [0.25, 0.3) is 5.91 Å². The van der Waals surface area contributed by atoms with Crippen LogP contribution in [0.3, 0.4) is 0 Å². The minimum atomic E-state index is -0.584. The van der Waals surface area contributed by atoms with E-state index in [2.05, 4.69) is 0 Å². The molecule has 2 amide bonds. The molecule has 0 aromatic rings. The van der Waals surface area contributed by atoms with Gasteiger partial charge in [-0.15, -0.1) is 11.6 Å². The van der Waals surface area contributed by atoms with Crippen molar-refractivity contribution in [2.24, 2.45) is 0 Å². The number of hydrogen-bond acceptors (Lipinski definition) is 3. The Balaban J connectivity index is 2.10. The van der Waals surface area contributed by atoms with Crippen LogP contribution in [0.5, 0.6) is 0 Å². The summed E-state index contributed by atoms with van der Waals surface area (Å²) >= 11 is 5.97. The summed E-state index contributed by atoms with van der Waals surface area (Å²) in [6.45, 7) is 5.34. The van der Waals surface area contributed by atoms with Crippen LogP contribution in [0.2, 0.25) is 0 Å². The van der Waals surface area contributed by atoms with Gasteiger partial charge in [-0.2, -0.15) is 0 Å². The highest BCUT2D eigenvalue weighted by molar-refractivity contribution is 6.36. The van der Waals surface area contributed by atoms with E-state index in [0.29, 0.717) is 0 Å². The van der Waals surface area contributed by atoms with E-state index in [0.717, 1.165) is 19.3 Å². The maximum atomic E-state index is 11.8. The lowest BCUT2D eigenvalue weighted by Crippen LogP contribution is -2.77. The van der Waals surface area contributed by atoms with Crippen LogP contribution < -0.4 is 0 Å². The first kappa shape index (κ1) is 11.7. The molecule has 4 nitrogen and oxygen atoms in total. The molecule has 1 aliphatic carbocycles. The maximum Gasteiger partial charge on any atom is 0.417 e. The molecule has 90 valence electrons. The second-order valence-electron chi connectivity index (χ2n) is 5.47. The fourth-order valence-electron chi connectivity index (χ4n) is 2.21. The van der Waals surface area contributed by atoms with Crippen LogP contribution in [0, 0.1) is 0 Å². The van der Waals surface area contributed by atoms with E-state index < -0.39 is 22.6 Å². The molecule has 1 saturated heterocycles. The molecule has 16 heavy (non-hydrogen) atoms. The van der Waals surface area contributed by atoms with E-state index in [9.17, 15) is 9.59 Å². The van der Waals surface area contributed by atoms with Crippen LogP contribution in [0.4, 0.5) is 4.79 Å². The molecule has 1 atom stereocenters. The van der Waals surface area contributed by atoms with Crippen molar-refractivity contribution in [1.82, 2.24) is 4.90 Å². The van der Waals surface area contributed by atoms with Crippen molar-refractivity contribution in [3.63, 3.8) is 0 Å². The fraction of sp³-hybridized carbons (Fsp3) is 0.818. The van der Waals surface area contributed by atoms with E-state index in [1.807, 2.05) is 0 Å². The Kier molecular flexibility index (Phi) is 2.46. The number of carbonyl (C=O) groups excluding carboxylic acids is 2. The largest absolute Gasteiger partial charge is 0.443 e. The zero-order valence-electron chi connectivity index (χ0n) is 9.75. The summed E-state index contributed by atoms with van der Waals surface area (Å²) < 4.78 is 5.20. The summed E-state index contributed by atoms with van der Waals surface area (Å²) in [5.74, 6) is -0.324. The van der Waals surface area contributed by atoms with Crippen molar-refractivity contribution in [3.8, 4) is 0 Å². The van der Waals surface area contributed by atoms with E-state index >= 15 is 0 Å². The van der Waals surface area contributed by atoms with Crippen LogP contribution in [0.15, 0.2) is 0 Å². The van der Waals surface area contributed by atoms with E-state index in [4.69, 9.17) is 16.3 Å². The molecule has 0 aromatic heterocycles. The Morgan fingerprint density at radius 1 is 1.50 bits per heavy atom. The number of rotatable bonds is 0. The summed E-state index contributed by atoms with van der Waals surface area (Å²) in [6.07, 6.45) is 2.04. The molecule has 0 radical (unpaired) electrons. The highest BCUT2D eigenvalue weighted by Gasteiger charge is 2.65. The lowest BCUT2D eigenvalue weighted by Gasteiger charge is -2.58. The SMILES string of the molecule is CC(C)(C)OC(=O)N1C(=O)C(Cl)C12CCC2. The number of β-lactam (4-membered cyclic amide) rings is 1. The molecular formula is C11H16ClNO3. The van der Waals surface area contributed by atoms with Crippen molar-refractivity contribution in [2.45, 2.75) is 56.6 Å². The van der Waals surface area contributed by atoms with Crippen LogP contribution in [0.25, 0.3) is 0 Å². The molecule has 0 N–H and O–H groups in total. The van der Waals surface area contributed by atoms with Crippen LogP contribution >= 0.6 is 11.6 Å². The first-order valence-corrected chi connectivity index (χ1v) is 5.93. The first-order valence-electron chi connectivity index (χ1n) is 5.49. The van der Waals surface area contributed by atoms with E-state index in [-0.39, 0.29) is 5.91 Å². The van der Waals surface area contributed by atoms with Gasteiger partial charge in [-0.3, -0.25) is 4.79 Å². The van der Waals surface area contributed by atoms with Crippen molar-refractivity contribution < 1.29 is 14.3 Å². The molecule has 1 saturated carbocycles. The van der Waals surface area contributed by atoms with Gasteiger partial charge in [0, 0.05) is 0 Å². The van der Waals surface area contributed by atoms with Gasteiger partial charge in [-0.05, 0) is 40.0 Å². The topological polar surface area (TPSA) is 46.6 Å². The van der Waals surface area contributed by atoms with Crippen LogP contribution in [-0.4, -0.2) is 33.4 Å². The molecular weight excluding hydrogens is 230 g/mol. The lowest BCUT2D eigenvalue weighted by molar-refractivity contribution is -0.160. The monoisotopic (exact) mass is 245 g/mol. The van der Waals surface area contributed by atoms with Crippen molar-refractivity contribution in [2.75, 3.05) is 0 Å². The Labute approximate surface area is 99.9 Å². The maximum absolute atomic E-state index is 11.8. The molecule has 1 heterocycles. The van der Waals surface area contributed by atoms with Gasteiger partial charge in [0.2, 0.25) is 0 Å². The predicted octanol–water partition coefficient (Wildman–Crippen LogP) is 2.29. The Morgan fingerprint density at radius 2 is 2.06 bits per heavy atom. The van der Waals surface area contributed by atoms with E-state index in [1.54, 1.807) is 20.8 Å². The number of amides is 2. The predicted molar refractivity (Wildman–Crippen MR) is 59.3 cm³/mol. The van der Waals surface area contributed by atoms with Gasteiger partial charge < -0.3 is 4.74 Å². The summed E-state index contributed by atoms with van der Waals surface area (Å²) in [4.78, 5) is 24.6. The van der Waals surface area contributed by atoms with Gasteiger partial charge >= 0.3 is 6.09 Å². The third kappa shape index (κ3) is 1.51. The van der Waals surface area contributed by atoms with Crippen molar-refractivity contribution >= 4 is 23.6 Å². The number of halogens is 1. The molecule has 1 unspecified atom stereocenters. The average molecular weight is 246 g/mol. The van der Waals surface area contributed by atoms with E-state index in [1.165, 1.54) is 4.90 Å². The number of alkyl halides is 1. The third-order valence-electron chi connectivity index (χ3n) is 3.15. The molecule has 5 heteroatoms. The molecule has 2 fully saturated rings. The highest BCUT2D eigenvalue weighted by atomic mass is 35.5. The average Bonchev–Trinajstić information content (AvgIpc) is 2.05. The van der Waals surface area contributed by atoms with Gasteiger partial charge in [0.1, 0.15) is 11.0 Å². The summed E-state index contributed by atoms with van der Waals surface area (Å²) in [5.41, 5.74) is -1.03. The standard InChI is InChI=1S/C11H16ClNO3/c1-10(2,3)16-9(15)13-8(14)7(12)11(13)5-4-6-11/h7H,4-6H2,1-3H3. The zero-order chi connectivity index (χ0) is 12.1. The van der Waals surface area contributed by atoms with Crippen molar-refractivity contribution in [1.29, 1.82) is 0 Å². The Morgan fingerprint density at radius 3 is 2.44 bits per heavy atom. The highest BCUT2D eigenvalue weighted by Crippen LogP contribution is 2.50. The number of likely N-dealkylation sites (tertiary alicyclic amines) is 1. The normalized spacial score (nSPS) is 27.4. The minimum absolute atomic E-state index is 0.324. The first-order chi connectivity index (χ1) is 7.28. The smallest absolute Gasteiger partial charge is 0.417 e. The number of hydrogen-bond donors (Lipinski definition) is 0. The molecule has 2 aliphatic rings. The molecule has 2 rings (SSSR count). The molecule has 1 spiro atoms. The third-order valence-corrected chi connectivity index (χ3v) is 3.74. The minimum Gasteiger partial charge on any atom is -0.443 e. The van der Waals surface area contributed by atoms with Gasteiger partial charge in [0.05, 0.1) is 5.54 Å². The second kappa shape index (κ2) is 3.36. The number of ether oxygens (including phenoxy) is 1. The number of nitrogens with zero attached hydrogens (tertiary/aromatic N) is 1. The zero-order valence-corrected chi connectivity index (χ0v) is 10.5. The van der Waals surface area contributed by atoms with Crippen LogP contribution in [-0.2, 0) is 9.53 Å². The molecule has 0 aromatic carbocycles. The van der Waals surface area contributed by atoms with Crippen LogP contribution in [0.1, 0.15) is 40.0 Å². The summed E-state index contributed by atoms with van der Waals surface area (Å²) in [6, 6.07) is 0. The number of carbonyl (C=O) groups is 2. The summed E-state index contributed by atoms with van der Waals surface area (Å²) in [5, 5.41) is -0.547.